The van der Waals surface area contributed by atoms with E-state index in [1.54, 1.807) is 50.6 Å². The number of anilines is 1. The van der Waals surface area contributed by atoms with Gasteiger partial charge < -0.3 is 19.5 Å². The van der Waals surface area contributed by atoms with Gasteiger partial charge in [0.25, 0.3) is 0 Å². The highest BCUT2D eigenvalue weighted by atomic mass is 35.5. The molecule has 2 aromatic rings. The Morgan fingerprint density at radius 1 is 1.00 bits per heavy atom. The number of carbonyl (C=O) groups is 1. The van der Waals surface area contributed by atoms with Gasteiger partial charge in [0.15, 0.2) is 0 Å². The summed E-state index contributed by atoms with van der Waals surface area (Å²) in [4.78, 5) is 12.1. The third-order valence-electron chi connectivity index (χ3n) is 3.27. The molecular weight excluding hydrogens is 330 g/mol. The molecule has 0 unspecified atom stereocenters. The van der Waals surface area contributed by atoms with Crippen molar-refractivity contribution in [3.05, 3.63) is 53.1 Å². The second-order valence-electron chi connectivity index (χ2n) is 4.78. The van der Waals surface area contributed by atoms with Crippen LogP contribution in [0.5, 0.6) is 17.2 Å². The standard InChI is InChI=1S/C18H18ClNO4/c1-22-13-6-7-15(17(11-13)24-3)20-18(21)9-5-12-4-8-16(23-2)14(19)10-12/h4-11H,1-3H3,(H,20,21)/b9-5+. The molecule has 0 bridgehead atoms. The monoisotopic (exact) mass is 347 g/mol. The van der Waals surface area contributed by atoms with Crippen LogP contribution in [0.3, 0.4) is 0 Å². The Morgan fingerprint density at radius 3 is 2.38 bits per heavy atom. The number of halogens is 1. The summed E-state index contributed by atoms with van der Waals surface area (Å²) in [6.45, 7) is 0. The maximum Gasteiger partial charge on any atom is 0.248 e. The molecule has 0 aliphatic heterocycles. The summed E-state index contributed by atoms with van der Waals surface area (Å²) in [5, 5.41) is 3.24. The van der Waals surface area contributed by atoms with Gasteiger partial charge in [0.2, 0.25) is 5.91 Å². The van der Waals surface area contributed by atoms with E-state index in [1.165, 1.54) is 13.2 Å². The predicted molar refractivity (Wildman–Crippen MR) is 95.2 cm³/mol. The van der Waals surface area contributed by atoms with Gasteiger partial charge in [0.1, 0.15) is 17.2 Å². The van der Waals surface area contributed by atoms with E-state index in [1.807, 2.05) is 6.07 Å². The van der Waals surface area contributed by atoms with Crippen LogP contribution in [0, 0.1) is 0 Å². The molecule has 1 N–H and O–H groups in total. The lowest BCUT2D eigenvalue weighted by molar-refractivity contribution is -0.111. The zero-order valence-electron chi connectivity index (χ0n) is 13.6. The van der Waals surface area contributed by atoms with Crippen LogP contribution in [-0.2, 0) is 4.79 Å². The fourth-order valence-corrected chi connectivity index (χ4v) is 2.30. The molecule has 0 radical (unpaired) electrons. The van der Waals surface area contributed by atoms with Gasteiger partial charge in [-0.25, -0.2) is 0 Å². The maximum atomic E-state index is 12.1. The van der Waals surface area contributed by atoms with E-state index in [4.69, 9.17) is 25.8 Å². The summed E-state index contributed by atoms with van der Waals surface area (Å²) < 4.78 is 15.5. The molecule has 0 aromatic heterocycles. The Hall–Kier alpha value is -2.66. The van der Waals surface area contributed by atoms with Crippen LogP contribution in [0.15, 0.2) is 42.5 Å². The second-order valence-corrected chi connectivity index (χ2v) is 5.19. The third kappa shape index (κ3) is 4.43. The van der Waals surface area contributed by atoms with Crippen LogP contribution in [0.4, 0.5) is 5.69 Å². The van der Waals surface area contributed by atoms with Crippen molar-refractivity contribution in [1.29, 1.82) is 0 Å². The molecule has 5 nitrogen and oxygen atoms in total. The van der Waals surface area contributed by atoms with Crippen molar-refractivity contribution >= 4 is 29.3 Å². The third-order valence-corrected chi connectivity index (χ3v) is 3.56. The van der Waals surface area contributed by atoms with Crippen LogP contribution in [0.2, 0.25) is 5.02 Å². The summed E-state index contributed by atoms with van der Waals surface area (Å²) >= 11 is 6.05. The Balaban J connectivity index is 2.09. The van der Waals surface area contributed by atoms with Crippen molar-refractivity contribution < 1.29 is 19.0 Å². The van der Waals surface area contributed by atoms with Crippen LogP contribution < -0.4 is 19.5 Å². The molecule has 2 aromatic carbocycles. The first-order chi connectivity index (χ1) is 11.6. The second kappa shape index (κ2) is 8.26. The van der Waals surface area contributed by atoms with Gasteiger partial charge in [-0.3, -0.25) is 4.79 Å². The topological polar surface area (TPSA) is 56.8 Å². The smallest absolute Gasteiger partial charge is 0.248 e. The molecule has 0 heterocycles. The summed E-state index contributed by atoms with van der Waals surface area (Å²) in [6, 6.07) is 10.4. The van der Waals surface area contributed by atoms with Gasteiger partial charge in [-0.15, -0.1) is 0 Å². The molecule has 1 amide bonds. The molecule has 24 heavy (non-hydrogen) atoms. The number of hydrogen-bond acceptors (Lipinski definition) is 4. The van der Waals surface area contributed by atoms with Crippen LogP contribution >= 0.6 is 11.6 Å². The molecule has 6 heteroatoms. The summed E-state index contributed by atoms with van der Waals surface area (Å²) in [6.07, 6.45) is 3.08. The van der Waals surface area contributed by atoms with Gasteiger partial charge >= 0.3 is 0 Å². The van der Waals surface area contributed by atoms with Crippen molar-refractivity contribution in [2.24, 2.45) is 0 Å². The number of methoxy groups -OCH3 is 3. The lowest BCUT2D eigenvalue weighted by atomic mass is 10.2. The largest absolute Gasteiger partial charge is 0.497 e. The van der Waals surface area contributed by atoms with Crippen LogP contribution in [-0.4, -0.2) is 27.2 Å². The van der Waals surface area contributed by atoms with Crippen LogP contribution in [0.1, 0.15) is 5.56 Å². The molecule has 0 spiro atoms. The zero-order valence-corrected chi connectivity index (χ0v) is 14.4. The van der Waals surface area contributed by atoms with Crippen molar-refractivity contribution in [2.75, 3.05) is 26.6 Å². The van der Waals surface area contributed by atoms with E-state index in [-0.39, 0.29) is 5.91 Å². The summed E-state index contributed by atoms with van der Waals surface area (Å²) in [7, 11) is 4.64. The molecule has 0 atom stereocenters. The molecule has 0 aliphatic carbocycles. The fourth-order valence-electron chi connectivity index (χ4n) is 2.03. The van der Waals surface area contributed by atoms with Crippen molar-refractivity contribution in [3.63, 3.8) is 0 Å². The van der Waals surface area contributed by atoms with Crippen molar-refractivity contribution in [3.8, 4) is 17.2 Å². The lowest BCUT2D eigenvalue weighted by Gasteiger charge is -2.10. The van der Waals surface area contributed by atoms with Crippen LogP contribution in [0.25, 0.3) is 6.08 Å². The van der Waals surface area contributed by atoms with E-state index in [9.17, 15) is 4.79 Å². The normalized spacial score (nSPS) is 10.5. The number of carbonyl (C=O) groups excluding carboxylic acids is 1. The first kappa shape index (κ1) is 17.7. The minimum absolute atomic E-state index is 0.287. The van der Waals surface area contributed by atoms with Gasteiger partial charge in [-0.1, -0.05) is 17.7 Å². The highest BCUT2D eigenvalue weighted by Gasteiger charge is 2.07. The minimum Gasteiger partial charge on any atom is -0.497 e. The number of nitrogens with one attached hydrogen (secondary N) is 1. The van der Waals surface area contributed by atoms with Gasteiger partial charge in [0.05, 0.1) is 32.0 Å². The molecule has 0 saturated heterocycles. The highest BCUT2D eigenvalue weighted by molar-refractivity contribution is 6.32. The van der Waals surface area contributed by atoms with Gasteiger partial charge in [-0.05, 0) is 35.9 Å². The number of hydrogen-bond donors (Lipinski definition) is 1. The number of amides is 1. The van der Waals surface area contributed by atoms with Gasteiger partial charge in [0, 0.05) is 12.1 Å². The Kier molecular flexibility index (Phi) is 6.09. The summed E-state index contributed by atoms with van der Waals surface area (Å²) in [5.41, 5.74) is 1.35. The van der Waals surface area contributed by atoms with Crippen molar-refractivity contribution in [1.82, 2.24) is 0 Å². The van der Waals surface area contributed by atoms with E-state index < -0.39 is 0 Å². The number of ether oxygens (including phenoxy) is 3. The average molecular weight is 348 g/mol. The average Bonchev–Trinajstić information content (AvgIpc) is 2.60. The maximum absolute atomic E-state index is 12.1. The quantitative estimate of drug-likeness (QED) is 0.802. The Bertz CT molecular complexity index is 759. The van der Waals surface area contributed by atoms with Gasteiger partial charge in [-0.2, -0.15) is 0 Å². The lowest BCUT2D eigenvalue weighted by Crippen LogP contribution is -2.09. The molecular formula is C18H18ClNO4. The first-order valence-corrected chi connectivity index (χ1v) is 7.49. The molecule has 126 valence electrons. The molecule has 2 rings (SSSR count). The number of benzene rings is 2. The Morgan fingerprint density at radius 2 is 1.75 bits per heavy atom. The summed E-state index contributed by atoms with van der Waals surface area (Å²) in [5.74, 6) is 1.46. The zero-order chi connectivity index (χ0) is 17.5. The molecule has 0 fully saturated rings. The van der Waals surface area contributed by atoms with E-state index in [2.05, 4.69) is 5.32 Å². The SMILES string of the molecule is COc1ccc(NC(=O)/C=C/c2ccc(OC)c(Cl)c2)c(OC)c1. The fraction of sp³-hybridized carbons (Fsp3) is 0.167. The van der Waals surface area contributed by atoms with E-state index in [0.717, 1.165) is 5.56 Å². The molecule has 0 aliphatic rings. The highest BCUT2D eigenvalue weighted by Crippen LogP contribution is 2.29. The van der Waals surface area contributed by atoms with E-state index in [0.29, 0.717) is 28.0 Å². The predicted octanol–water partition coefficient (Wildman–Crippen LogP) is 4.02. The minimum atomic E-state index is -0.287. The molecule has 0 saturated carbocycles. The van der Waals surface area contributed by atoms with E-state index >= 15 is 0 Å². The van der Waals surface area contributed by atoms with Crippen molar-refractivity contribution in [2.45, 2.75) is 0 Å². The first-order valence-electron chi connectivity index (χ1n) is 7.12. The number of rotatable bonds is 6. The Labute approximate surface area is 145 Å².